The Kier molecular flexibility index (Phi) is 3.62. The van der Waals surface area contributed by atoms with E-state index in [0.29, 0.717) is 29.4 Å². The number of benzene rings is 1. The number of carboxylic acids is 1. The Hall–Kier alpha value is -1.51. The maximum absolute atomic E-state index is 11.7. The average Bonchev–Trinajstić information content (AvgIpc) is 3.17. The number of para-hydroxylation sites is 1. The Morgan fingerprint density at radius 3 is 2.70 bits per heavy atom. The molecule has 4 rings (SSSR count). The molecular weight excluding hydrogens is 286 g/mol. The molecule has 2 aliphatic carbocycles. The van der Waals surface area contributed by atoms with Gasteiger partial charge in [-0.3, -0.25) is 0 Å². The summed E-state index contributed by atoms with van der Waals surface area (Å²) in [5.41, 5.74) is 2.66. The highest BCUT2D eigenvalue weighted by atomic mass is 16.4. The van der Waals surface area contributed by atoms with Gasteiger partial charge in [-0.25, -0.2) is 4.79 Å². The molecule has 0 radical (unpaired) electrons. The van der Waals surface area contributed by atoms with Crippen molar-refractivity contribution in [3.8, 4) is 0 Å². The Balaban J connectivity index is 1.83. The molecule has 124 valence electrons. The summed E-state index contributed by atoms with van der Waals surface area (Å²) in [6.45, 7) is 4.55. The Bertz CT molecular complexity index is 622. The van der Waals surface area contributed by atoms with E-state index in [1.165, 1.54) is 37.7 Å². The fourth-order valence-corrected chi connectivity index (χ4v) is 5.99. The molecule has 0 aromatic heterocycles. The van der Waals surface area contributed by atoms with Gasteiger partial charge in [0.15, 0.2) is 0 Å². The van der Waals surface area contributed by atoms with Crippen LogP contribution in [-0.2, 0) is 0 Å². The molecule has 2 bridgehead atoms. The first kappa shape index (κ1) is 15.0. The second-order valence-electron chi connectivity index (χ2n) is 7.76. The first-order valence-corrected chi connectivity index (χ1v) is 9.28. The van der Waals surface area contributed by atoms with Crippen molar-refractivity contribution < 1.29 is 9.90 Å². The Morgan fingerprint density at radius 2 is 2.00 bits per heavy atom. The van der Waals surface area contributed by atoms with Crippen molar-refractivity contribution in [2.45, 2.75) is 57.9 Å². The van der Waals surface area contributed by atoms with E-state index in [1.807, 2.05) is 6.07 Å². The zero-order valence-corrected chi connectivity index (χ0v) is 14.1. The number of anilines is 1. The van der Waals surface area contributed by atoms with Gasteiger partial charge < -0.3 is 10.4 Å². The number of aromatic carboxylic acids is 1. The third-order valence-corrected chi connectivity index (χ3v) is 6.95. The highest BCUT2D eigenvalue weighted by Gasteiger charge is 2.54. The van der Waals surface area contributed by atoms with E-state index in [0.717, 1.165) is 17.5 Å². The number of fused-ring (bicyclic) bond motifs is 7. The summed E-state index contributed by atoms with van der Waals surface area (Å²) in [6, 6.07) is 6.31. The van der Waals surface area contributed by atoms with E-state index in [4.69, 9.17) is 0 Å². The summed E-state index contributed by atoms with van der Waals surface area (Å²) in [4.78, 5) is 11.7. The quantitative estimate of drug-likeness (QED) is 0.843. The van der Waals surface area contributed by atoms with Crippen LogP contribution in [0.2, 0.25) is 0 Å². The lowest BCUT2D eigenvalue weighted by Gasteiger charge is -2.46. The van der Waals surface area contributed by atoms with Gasteiger partial charge in [-0.2, -0.15) is 0 Å². The van der Waals surface area contributed by atoms with E-state index in [-0.39, 0.29) is 0 Å². The number of hydrogen-bond acceptors (Lipinski definition) is 2. The zero-order valence-electron chi connectivity index (χ0n) is 14.1. The average molecular weight is 313 g/mol. The molecule has 5 atom stereocenters. The molecule has 5 unspecified atom stereocenters. The van der Waals surface area contributed by atoms with Gasteiger partial charge >= 0.3 is 5.97 Å². The predicted molar refractivity (Wildman–Crippen MR) is 91.9 cm³/mol. The number of hydrogen-bond donors (Lipinski definition) is 2. The molecule has 3 heteroatoms. The summed E-state index contributed by atoms with van der Waals surface area (Å²) in [7, 11) is 0. The molecular formula is C20H27NO2. The second kappa shape index (κ2) is 5.54. The van der Waals surface area contributed by atoms with Crippen LogP contribution in [-0.4, -0.2) is 17.1 Å². The van der Waals surface area contributed by atoms with Gasteiger partial charge in [-0.05, 0) is 60.5 Å². The van der Waals surface area contributed by atoms with Crippen molar-refractivity contribution >= 4 is 11.7 Å². The Morgan fingerprint density at radius 1 is 1.26 bits per heavy atom. The maximum atomic E-state index is 11.7. The molecule has 3 aliphatic rings. The highest BCUT2D eigenvalue weighted by molar-refractivity contribution is 5.95. The molecule has 2 fully saturated rings. The number of carboxylic acid groups (broad SMARTS) is 1. The van der Waals surface area contributed by atoms with Crippen LogP contribution in [0, 0.1) is 23.7 Å². The molecule has 0 spiro atoms. The second-order valence-corrected chi connectivity index (χ2v) is 7.76. The largest absolute Gasteiger partial charge is 0.478 e. The van der Waals surface area contributed by atoms with Gasteiger partial charge in [0.1, 0.15) is 0 Å². The van der Waals surface area contributed by atoms with Gasteiger partial charge in [0.2, 0.25) is 0 Å². The lowest BCUT2D eigenvalue weighted by atomic mass is 9.65. The van der Waals surface area contributed by atoms with Gasteiger partial charge in [0, 0.05) is 6.04 Å². The van der Waals surface area contributed by atoms with Crippen LogP contribution in [0.1, 0.15) is 67.8 Å². The minimum atomic E-state index is -0.806. The standard InChI is InChI=1S/C20H27NO2/c1-3-11(4-2)18-17-13-9-8-12(10-13)16(17)14-6-5-7-15(20(22)23)19(14)21-18/h5-7,11-13,16-18,21H,3-4,8-10H2,1-2H3,(H,22,23). The van der Waals surface area contributed by atoms with E-state index in [1.54, 1.807) is 6.07 Å². The fraction of sp³-hybridized carbons (Fsp3) is 0.650. The van der Waals surface area contributed by atoms with Crippen LogP contribution in [0.4, 0.5) is 5.69 Å². The Labute approximate surface area is 138 Å². The van der Waals surface area contributed by atoms with Crippen LogP contribution < -0.4 is 5.32 Å². The molecule has 23 heavy (non-hydrogen) atoms. The molecule has 2 N–H and O–H groups in total. The summed E-state index contributed by atoms with van der Waals surface area (Å²) in [5.74, 6) is 2.72. The van der Waals surface area contributed by atoms with Crippen molar-refractivity contribution in [1.29, 1.82) is 0 Å². The smallest absolute Gasteiger partial charge is 0.337 e. The third-order valence-electron chi connectivity index (χ3n) is 6.95. The first-order valence-electron chi connectivity index (χ1n) is 9.28. The van der Waals surface area contributed by atoms with Crippen molar-refractivity contribution in [1.82, 2.24) is 0 Å². The van der Waals surface area contributed by atoms with Gasteiger partial charge in [-0.1, -0.05) is 38.8 Å². The molecule has 1 aliphatic heterocycles. The van der Waals surface area contributed by atoms with Crippen molar-refractivity contribution in [2.24, 2.45) is 23.7 Å². The van der Waals surface area contributed by atoms with Crippen molar-refractivity contribution in [3.63, 3.8) is 0 Å². The van der Waals surface area contributed by atoms with Gasteiger partial charge in [0.05, 0.1) is 11.3 Å². The van der Waals surface area contributed by atoms with E-state index >= 15 is 0 Å². The highest BCUT2D eigenvalue weighted by Crippen LogP contribution is 2.62. The molecule has 1 aromatic carbocycles. The molecule has 0 saturated heterocycles. The summed E-state index contributed by atoms with van der Waals surface area (Å²) in [6.07, 6.45) is 6.39. The van der Waals surface area contributed by atoms with Crippen molar-refractivity contribution in [3.05, 3.63) is 29.3 Å². The maximum Gasteiger partial charge on any atom is 0.337 e. The first-order chi connectivity index (χ1) is 11.2. The zero-order chi connectivity index (χ0) is 16.1. The van der Waals surface area contributed by atoms with E-state index in [9.17, 15) is 9.90 Å². The van der Waals surface area contributed by atoms with Crippen LogP contribution >= 0.6 is 0 Å². The van der Waals surface area contributed by atoms with E-state index < -0.39 is 5.97 Å². The minimum Gasteiger partial charge on any atom is -0.478 e. The predicted octanol–water partition coefficient (Wildman–Crippen LogP) is 4.74. The summed E-state index contributed by atoms with van der Waals surface area (Å²) in [5, 5.41) is 13.3. The third kappa shape index (κ3) is 2.12. The summed E-state index contributed by atoms with van der Waals surface area (Å²) >= 11 is 0. The number of rotatable bonds is 4. The fourth-order valence-electron chi connectivity index (χ4n) is 5.99. The number of carbonyl (C=O) groups is 1. The van der Waals surface area contributed by atoms with Crippen LogP contribution in [0.25, 0.3) is 0 Å². The van der Waals surface area contributed by atoms with E-state index in [2.05, 4.69) is 25.2 Å². The normalized spacial score (nSPS) is 34.1. The molecule has 1 heterocycles. The molecule has 2 saturated carbocycles. The summed E-state index contributed by atoms with van der Waals surface area (Å²) < 4.78 is 0. The van der Waals surface area contributed by atoms with Crippen LogP contribution in [0.15, 0.2) is 18.2 Å². The molecule has 3 nitrogen and oxygen atoms in total. The number of nitrogens with one attached hydrogen (secondary N) is 1. The SMILES string of the molecule is CCC(CC)C1Nc2c(C(=O)O)cccc2C2C3CCC(C3)C12. The lowest BCUT2D eigenvalue weighted by Crippen LogP contribution is -2.45. The minimum absolute atomic E-state index is 0.443. The van der Waals surface area contributed by atoms with Crippen LogP contribution in [0.5, 0.6) is 0 Å². The van der Waals surface area contributed by atoms with Crippen molar-refractivity contribution in [2.75, 3.05) is 5.32 Å². The monoisotopic (exact) mass is 313 g/mol. The van der Waals surface area contributed by atoms with Gasteiger partial charge in [0.25, 0.3) is 0 Å². The lowest BCUT2D eigenvalue weighted by molar-refractivity contribution is 0.0697. The molecule has 1 aromatic rings. The van der Waals surface area contributed by atoms with Gasteiger partial charge in [-0.15, -0.1) is 0 Å². The topological polar surface area (TPSA) is 49.3 Å². The molecule has 0 amide bonds. The van der Waals surface area contributed by atoms with Crippen LogP contribution in [0.3, 0.4) is 0 Å².